The van der Waals surface area contributed by atoms with Gasteiger partial charge in [-0.15, -0.1) is 0 Å². The minimum absolute atomic E-state index is 0.00993. The van der Waals surface area contributed by atoms with Crippen molar-refractivity contribution >= 4 is 0 Å². The highest BCUT2D eigenvalue weighted by atomic mass is 19.4. The van der Waals surface area contributed by atoms with Crippen molar-refractivity contribution in [2.75, 3.05) is 0 Å². The SMILES string of the molecule is Cc1[c]c(C)c(-c2ccncc2)c(C(F)(C(F)(F)F)C(F)(F)F)c1. The van der Waals surface area contributed by atoms with E-state index in [0.717, 1.165) is 0 Å². The second kappa shape index (κ2) is 5.75. The van der Waals surface area contributed by atoms with Crippen LogP contribution in [-0.4, -0.2) is 17.3 Å². The first kappa shape index (κ1) is 18.2. The molecule has 0 aliphatic rings. The number of nitrogens with zero attached hydrogens (tertiary/aromatic N) is 1. The average molecular weight is 350 g/mol. The second-order valence-corrected chi connectivity index (χ2v) is 5.26. The van der Waals surface area contributed by atoms with Crippen LogP contribution in [0.25, 0.3) is 11.1 Å². The summed E-state index contributed by atoms with van der Waals surface area (Å²) in [4.78, 5) is 3.66. The monoisotopic (exact) mass is 350 g/mol. The molecule has 0 saturated carbocycles. The standard InChI is InChI=1S/C16H11F7N/c1-9-7-10(2)13(11-3-5-24-6-4-11)12(8-9)14(17,15(18,19)20)16(21,22)23/h3-6,8H,1-2H3. The molecule has 0 fully saturated rings. The molecule has 0 bridgehead atoms. The van der Waals surface area contributed by atoms with Gasteiger partial charge in [0.25, 0.3) is 0 Å². The number of hydrogen-bond donors (Lipinski definition) is 0. The van der Waals surface area contributed by atoms with Gasteiger partial charge in [0, 0.05) is 18.0 Å². The van der Waals surface area contributed by atoms with Gasteiger partial charge in [-0.3, -0.25) is 4.98 Å². The minimum Gasteiger partial charge on any atom is -0.265 e. The predicted octanol–water partition coefficient (Wildman–Crippen LogP) is 5.46. The van der Waals surface area contributed by atoms with Crippen molar-refractivity contribution in [3.63, 3.8) is 0 Å². The number of aryl methyl sites for hydroxylation is 2. The Bertz CT molecular complexity index is 719. The Morgan fingerprint density at radius 3 is 1.83 bits per heavy atom. The van der Waals surface area contributed by atoms with Crippen LogP contribution in [0.5, 0.6) is 0 Å². The topological polar surface area (TPSA) is 12.9 Å². The fourth-order valence-corrected chi connectivity index (χ4v) is 2.51. The van der Waals surface area contributed by atoms with Gasteiger partial charge in [0.2, 0.25) is 0 Å². The van der Waals surface area contributed by atoms with E-state index in [2.05, 4.69) is 11.1 Å². The van der Waals surface area contributed by atoms with Gasteiger partial charge in [0.15, 0.2) is 0 Å². The maximum absolute atomic E-state index is 14.6. The summed E-state index contributed by atoms with van der Waals surface area (Å²) in [7, 11) is 0. The van der Waals surface area contributed by atoms with E-state index in [-0.39, 0.29) is 16.7 Å². The molecule has 8 heteroatoms. The third kappa shape index (κ3) is 2.85. The molecule has 2 aromatic rings. The zero-order chi connectivity index (χ0) is 18.3. The van der Waals surface area contributed by atoms with Crippen molar-refractivity contribution in [3.05, 3.63) is 53.3 Å². The molecule has 1 aromatic carbocycles. The maximum atomic E-state index is 14.6. The fourth-order valence-electron chi connectivity index (χ4n) is 2.51. The third-order valence-corrected chi connectivity index (χ3v) is 3.51. The molecule has 0 unspecified atom stereocenters. The number of halogens is 7. The van der Waals surface area contributed by atoms with Crippen LogP contribution in [0.4, 0.5) is 30.7 Å². The number of alkyl halides is 7. The quantitative estimate of drug-likeness (QED) is 0.656. The van der Waals surface area contributed by atoms with Crippen molar-refractivity contribution in [2.45, 2.75) is 31.9 Å². The van der Waals surface area contributed by atoms with Crippen LogP contribution in [-0.2, 0) is 5.67 Å². The molecule has 24 heavy (non-hydrogen) atoms. The number of pyridine rings is 1. The van der Waals surface area contributed by atoms with Crippen LogP contribution in [0.15, 0.2) is 30.6 Å². The van der Waals surface area contributed by atoms with Gasteiger partial charge in [-0.25, -0.2) is 4.39 Å². The summed E-state index contributed by atoms with van der Waals surface area (Å²) < 4.78 is 93.3. The van der Waals surface area contributed by atoms with Gasteiger partial charge in [0.05, 0.1) is 0 Å². The molecular formula is C16H11F7N. The van der Waals surface area contributed by atoms with Gasteiger partial charge in [-0.2, -0.15) is 26.3 Å². The molecule has 0 amide bonds. The van der Waals surface area contributed by atoms with Crippen LogP contribution in [0.2, 0.25) is 0 Å². The van der Waals surface area contributed by atoms with E-state index in [0.29, 0.717) is 6.07 Å². The zero-order valence-corrected chi connectivity index (χ0v) is 12.5. The molecule has 0 aliphatic carbocycles. The lowest BCUT2D eigenvalue weighted by molar-refractivity contribution is -0.348. The summed E-state index contributed by atoms with van der Waals surface area (Å²) >= 11 is 0. The Hall–Kier alpha value is -2.12. The van der Waals surface area contributed by atoms with Crippen molar-refractivity contribution in [1.29, 1.82) is 0 Å². The summed E-state index contributed by atoms with van der Waals surface area (Å²) in [6.45, 7) is 2.53. The highest BCUT2D eigenvalue weighted by molar-refractivity contribution is 5.72. The summed E-state index contributed by atoms with van der Waals surface area (Å²) in [5.41, 5.74) is -7.56. The van der Waals surface area contributed by atoms with Gasteiger partial charge in [-0.05, 0) is 54.3 Å². The highest BCUT2D eigenvalue weighted by Gasteiger charge is 2.74. The first-order valence-electron chi connectivity index (χ1n) is 6.66. The van der Waals surface area contributed by atoms with Gasteiger partial charge in [-0.1, -0.05) is 6.07 Å². The van der Waals surface area contributed by atoms with E-state index in [9.17, 15) is 30.7 Å². The van der Waals surface area contributed by atoms with Crippen LogP contribution in [0.3, 0.4) is 0 Å². The first-order valence-corrected chi connectivity index (χ1v) is 6.66. The summed E-state index contributed by atoms with van der Waals surface area (Å²) in [6.07, 6.45) is -9.96. The number of rotatable bonds is 2. The number of aromatic nitrogens is 1. The number of hydrogen-bond acceptors (Lipinski definition) is 1. The zero-order valence-electron chi connectivity index (χ0n) is 12.5. The molecule has 0 aliphatic heterocycles. The largest absolute Gasteiger partial charge is 0.435 e. The Balaban J connectivity index is 2.92. The lowest BCUT2D eigenvalue weighted by atomic mass is 9.84. The van der Waals surface area contributed by atoms with Crippen molar-refractivity contribution in [2.24, 2.45) is 0 Å². The van der Waals surface area contributed by atoms with Crippen LogP contribution in [0, 0.1) is 19.9 Å². The maximum Gasteiger partial charge on any atom is 0.435 e. The fraction of sp³-hybridized carbons (Fsp3) is 0.312. The van der Waals surface area contributed by atoms with Crippen LogP contribution >= 0.6 is 0 Å². The molecule has 129 valence electrons. The molecule has 1 aromatic heterocycles. The van der Waals surface area contributed by atoms with Crippen LogP contribution in [0.1, 0.15) is 16.7 Å². The lowest BCUT2D eigenvalue weighted by Gasteiger charge is -2.32. The summed E-state index contributed by atoms with van der Waals surface area (Å²) in [6, 6.07) is 5.58. The molecule has 2 rings (SSSR count). The first-order chi connectivity index (χ1) is 10.9. The molecular weight excluding hydrogens is 339 g/mol. The van der Waals surface area contributed by atoms with Crippen molar-refractivity contribution in [1.82, 2.24) is 4.98 Å². The predicted molar refractivity (Wildman–Crippen MR) is 72.9 cm³/mol. The molecule has 1 radical (unpaired) electrons. The average Bonchev–Trinajstić information content (AvgIpc) is 2.44. The van der Waals surface area contributed by atoms with Crippen molar-refractivity contribution in [3.8, 4) is 11.1 Å². The van der Waals surface area contributed by atoms with E-state index in [1.54, 1.807) is 0 Å². The molecule has 0 spiro atoms. The van der Waals surface area contributed by atoms with E-state index < -0.39 is 29.1 Å². The minimum atomic E-state index is -6.17. The van der Waals surface area contributed by atoms with E-state index >= 15 is 0 Å². The molecule has 0 N–H and O–H groups in total. The summed E-state index contributed by atoms with van der Waals surface area (Å²) in [5.74, 6) is 0. The Labute approximate surface area is 133 Å². The van der Waals surface area contributed by atoms with E-state index in [1.807, 2.05) is 0 Å². The third-order valence-electron chi connectivity index (χ3n) is 3.51. The molecule has 0 atom stereocenters. The van der Waals surface area contributed by atoms with Gasteiger partial charge in [0.1, 0.15) is 0 Å². The Kier molecular flexibility index (Phi) is 4.37. The smallest absolute Gasteiger partial charge is 0.265 e. The Morgan fingerprint density at radius 2 is 1.38 bits per heavy atom. The molecule has 0 saturated heterocycles. The van der Waals surface area contributed by atoms with E-state index in [1.165, 1.54) is 38.4 Å². The van der Waals surface area contributed by atoms with Crippen molar-refractivity contribution < 1.29 is 30.7 Å². The van der Waals surface area contributed by atoms with E-state index in [4.69, 9.17) is 0 Å². The normalized spacial score (nSPS) is 13.2. The number of benzene rings is 1. The lowest BCUT2D eigenvalue weighted by Crippen LogP contribution is -2.50. The van der Waals surface area contributed by atoms with Gasteiger partial charge < -0.3 is 0 Å². The van der Waals surface area contributed by atoms with Crippen LogP contribution < -0.4 is 0 Å². The molecule has 1 heterocycles. The van der Waals surface area contributed by atoms with Gasteiger partial charge >= 0.3 is 18.0 Å². The Morgan fingerprint density at radius 1 is 0.875 bits per heavy atom. The molecule has 1 nitrogen and oxygen atoms in total. The second-order valence-electron chi connectivity index (χ2n) is 5.26. The highest BCUT2D eigenvalue weighted by Crippen LogP contribution is 2.55. The summed E-state index contributed by atoms with van der Waals surface area (Å²) in [5, 5.41) is 0.